The molecule has 0 amide bonds. The summed E-state index contributed by atoms with van der Waals surface area (Å²) in [5.41, 5.74) is -0.486. The van der Waals surface area contributed by atoms with Gasteiger partial charge >= 0.3 is 0 Å². The first-order valence-corrected chi connectivity index (χ1v) is 5.25. The summed E-state index contributed by atoms with van der Waals surface area (Å²) in [6.45, 7) is 0. The third-order valence-corrected chi connectivity index (χ3v) is 4.33. The Kier molecular flexibility index (Phi) is 1.25. The number of carbonyl (C=O) groups excluding carboxylic acids is 1. The van der Waals surface area contributed by atoms with Crippen molar-refractivity contribution in [3.63, 3.8) is 0 Å². The molecule has 0 N–H and O–H groups in total. The van der Waals surface area contributed by atoms with Crippen molar-refractivity contribution >= 4 is 5.78 Å². The molecule has 2 nitrogen and oxygen atoms in total. The fraction of sp³-hybridized carbons (Fsp3) is 0.818. The van der Waals surface area contributed by atoms with Crippen LogP contribution in [0.2, 0.25) is 0 Å². The van der Waals surface area contributed by atoms with Crippen molar-refractivity contribution in [1.29, 1.82) is 5.26 Å². The second-order valence-corrected chi connectivity index (χ2v) is 4.81. The lowest BCUT2D eigenvalue weighted by Gasteiger charge is -2.25. The van der Waals surface area contributed by atoms with Crippen LogP contribution in [0.5, 0.6) is 0 Å². The highest BCUT2D eigenvalue weighted by molar-refractivity contribution is 5.96. The van der Waals surface area contributed by atoms with E-state index in [4.69, 9.17) is 5.26 Å². The Morgan fingerprint density at radius 1 is 1.38 bits per heavy atom. The number of carbonyl (C=O) groups is 1. The Bertz CT molecular complexity index is 317. The number of rotatable bonds is 0. The molecule has 0 heterocycles. The smallest absolute Gasteiger partial charge is 0.156 e. The summed E-state index contributed by atoms with van der Waals surface area (Å²) in [4.78, 5) is 11.9. The number of nitrogens with zero attached hydrogens (tertiary/aromatic N) is 1. The minimum absolute atomic E-state index is 0.271. The fourth-order valence-electron chi connectivity index (χ4n) is 3.57. The average Bonchev–Trinajstić information content (AvgIpc) is 2.88. The summed E-state index contributed by atoms with van der Waals surface area (Å²) in [5.74, 6) is 1.60. The summed E-state index contributed by atoms with van der Waals surface area (Å²) in [6, 6.07) is 2.27. The number of hydrogen-bond acceptors (Lipinski definition) is 2. The largest absolute Gasteiger partial charge is 0.298 e. The third kappa shape index (κ3) is 0.716. The number of nitriles is 1. The van der Waals surface area contributed by atoms with Crippen LogP contribution in [0.15, 0.2) is 0 Å². The quantitative estimate of drug-likeness (QED) is 0.564. The highest BCUT2D eigenvalue weighted by Crippen LogP contribution is 2.68. The van der Waals surface area contributed by atoms with Gasteiger partial charge in [-0.2, -0.15) is 5.26 Å². The molecule has 0 aromatic rings. The molecule has 0 aromatic heterocycles. The molecule has 3 aliphatic carbocycles. The first-order chi connectivity index (χ1) is 6.29. The lowest BCUT2D eigenvalue weighted by Crippen LogP contribution is -2.25. The molecule has 68 valence electrons. The number of ketones is 1. The summed E-state index contributed by atoms with van der Waals surface area (Å²) in [5, 5.41) is 9.01. The van der Waals surface area contributed by atoms with Gasteiger partial charge in [-0.25, -0.2) is 0 Å². The summed E-state index contributed by atoms with van der Waals surface area (Å²) < 4.78 is 0. The predicted octanol–water partition coefficient (Wildman–Crippen LogP) is 1.91. The van der Waals surface area contributed by atoms with Crippen LogP contribution in [0.4, 0.5) is 0 Å². The Morgan fingerprint density at radius 3 is 2.85 bits per heavy atom. The van der Waals surface area contributed by atoms with Gasteiger partial charge in [-0.05, 0) is 31.1 Å². The fourth-order valence-corrected chi connectivity index (χ4v) is 3.57. The van der Waals surface area contributed by atoms with E-state index < -0.39 is 5.41 Å². The van der Waals surface area contributed by atoms with Gasteiger partial charge in [-0.1, -0.05) is 12.8 Å². The Hall–Kier alpha value is -0.840. The second kappa shape index (κ2) is 2.15. The van der Waals surface area contributed by atoms with Gasteiger partial charge in [-0.15, -0.1) is 0 Å². The van der Waals surface area contributed by atoms with Crippen LogP contribution in [0.3, 0.4) is 0 Å². The standard InChI is InChI=1S/C11H13NO/c12-6-11-5-9(11)7-3-1-2-4-8(7)10(11)13/h7-9H,1-5H2/t7-,8-,9+,11-/m0/s1. The van der Waals surface area contributed by atoms with Gasteiger partial charge in [0.1, 0.15) is 5.41 Å². The molecular formula is C11H13NO. The van der Waals surface area contributed by atoms with Crippen molar-refractivity contribution in [2.75, 3.05) is 0 Å². The zero-order valence-corrected chi connectivity index (χ0v) is 7.62. The van der Waals surface area contributed by atoms with E-state index >= 15 is 0 Å². The minimum atomic E-state index is -0.486. The first-order valence-electron chi connectivity index (χ1n) is 5.25. The molecule has 0 saturated heterocycles. The molecule has 0 radical (unpaired) electrons. The van der Waals surface area contributed by atoms with Crippen molar-refractivity contribution in [1.82, 2.24) is 0 Å². The average molecular weight is 175 g/mol. The Morgan fingerprint density at radius 2 is 2.15 bits per heavy atom. The summed E-state index contributed by atoms with van der Waals surface area (Å²) >= 11 is 0. The molecule has 13 heavy (non-hydrogen) atoms. The van der Waals surface area contributed by atoms with Crippen molar-refractivity contribution in [2.24, 2.45) is 23.2 Å². The van der Waals surface area contributed by atoms with Gasteiger partial charge in [0, 0.05) is 5.92 Å². The van der Waals surface area contributed by atoms with Crippen LogP contribution in [0.1, 0.15) is 32.1 Å². The van der Waals surface area contributed by atoms with E-state index in [1.807, 2.05) is 0 Å². The Labute approximate surface area is 77.9 Å². The van der Waals surface area contributed by atoms with E-state index in [9.17, 15) is 4.79 Å². The maximum atomic E-state index is 11.9. The van der Waals surface area contributed by atoms with Gasteiger partial charge in [-0.3, -0.25) is 4.79 Å². The SMILES string of the molecule is N#C[C@@]12C[C@@H]1[C@H]1CCCC[C@@H]1C2=O. The summed E-state index contributed by atoms with van der Waals surface area (Å²) in [7, 11) is 0. The van der Waals surface area contributed by atoms with Crippen LogP contribution in [0, 0.1) is 34.5 Å². The lowest BCUT2D eigenvalue weighted by atomic mass is 9.78. The maximum Gasteiger partial charge on any atom is 0.156 e. The van der Waals surface area contributed by atoms with Crippen molar-refractivity contribution in [3.05, 3.63) is 0 Å². The van der Waals surface area contributed by atoms with E-state index in [-0.39, 0.29) is 5.92 Å². The molecule has 3 saturated carbocycles. The molecule has 0 aliphatic heterocycles. The first kappa shape index (κ1) is 7.55. The van der Waals surface area contributed by atoms with Gasteiger partial charge < -0.3 is 0 Å². The monoisotopic (exact) mass is 175 g/mol. The van der Waals surface area contributed by atoms with Crippen LogP contribution in [0.25, 0.3) is 0 Å². The summed E-state index contributed by atoms with van der Waals surface area (Å²) in [6.07, 6.45) is 5.60. The van der Waals surface area contributed by atoms with E-state index in [0.29, 0.717) is 17.6 Å². The van der Waals surface area contributed by atoms with Crippen LogP contribution in [-0.4, -0.2) is 5.78 Å². The normalized spacial score (nSPS) is 52.2. The molecule has 3 rings (SSSR count). The third-order valence-electron chi connectivity index (χ3n) is 4.33. The van der Waals surface area contributed by atoms with Crippen LogP contribution in [-0.2, 0) is 4.79 Å². The highest BCUT2D eigenvalue weighted by atomic mass is 16.1. The Balaban J connectivity index is 1.96. The van der Waals surface area contributed by atoms with Crippen molar-refractivity contribution in [2.45, 2.75) is 32.1 Å². The van der Waals surface area contributed by atoms with Gasteiger partial charge in [0.15, 0.2) is 5.78 Å². The zero-order valence-electron chi connectivity index (χ0n) is 7.62. The molecular weight excluding hydrogens is 162 g/mol. The maximum absolute atomic E-state index is 11.9. The number of Topliss-reactive ketones (excluding diaryl/α,β-unsaturated/α-hetero) is 1. The predicted molar refractivity (Wildman–Crippen MR) is 46.6 cm³/mol. The molecule has 4 atom stereocenters. The molecule has 0 aromatic carbocycles. The van der Waals surface area contributed by atoms with E-state index in [0.717, 1.165) is 12.8 Å². The van der Waals surface area contributed by atoms with Gasteiger partial charge in [0.2, 0.25) is 0 Å². The molecule has 0 spiro atoms. The highest BCUT2D eigenvalue weighted by Gasteiger charge is 2.71. The van der Waals surface area contributed by atoms with Gasteiger partial charge in [0.25, 0.3) is 0 Å². The van der Waals surface area contributed by atoms with Gasteiger partial charge in [0.05, 0.1) is 6.07 Å². The molecule has 0 unspecified atom stereocenters. The number of fused-ring (bicyclic) bond motifs is 3. The lowest BCUT2D eigenvalue weighted by molar-refractivity contribution is -0.125. The topological polar surface area (TPSA) is 40.9 Å². The second-order valence-electron chi connectivity index (χ2n) is 4.81. The van der Waals surface area contributed by atoms with E-state index in [2.05, 4.69) is 6.07 Å². The molecule has 0 bridgehead atoms. The van der Waals surface area contributed by atoms with Crippen molar-refractivity contribution in [3.8, 4) is 6.07 Å². The molecule has 3 aliphatic rings. The van der Waals surface area contributed by atoms with Crippen LogP contribution < -0.4 is 0 Å². The van der Waals surface area contributed by atoms with Crippen LogP contribution >= 0.6 is 0 Å². The molecule has 3 fully saturated rings. The number of hydrogen-bond donors (Lipinski definition) is 0. The molecule has 2 heteroatoms. The minimum Gasteiger partial charge on any atom is -0.298 e. The van der Waals surface area contributed by atoms with Crippen molar-refractivity contribution < 1.29 is 4.79 Å². The zero-order chi connectivity index (χ0) is 9.05. The van der Waals surface area contributed by atoms with E-state index in [1.54, 1.807) is 0 Å². The van der Waals surface area contributed by atoms with E-state index in [1.165, 1.54) is 19.3 Å².